The maximum absolute atomic E-state index is 4.53. The molecule has 184 valence electrons. The summed E-state index contributed by atoms with van der Waals surface area (Å²) in [6, 6.07) is 39.9. The molecule has 0 amide bonds. The highest BCUT2D eigenvalue weighted by molar-refractivity contribution is 5.76. The van der Waals surface area contributed by atoms with E-state index in [4.69, 9.17) is 0 Å². The number of para-hydroxylation sites is 1. The van der Waals surface area contributed by atoms with Gasteiger partial charge >= 0.3 is 0 Å². The predicted molar refractivity (Wildman–Crippen MR) is 154 cm³/mol. The Bertz CT molecular complexity index is 1340. The molecule has 5 nitrogen and oxygen atoms in total. The molecule has 0 saturated carbocycles. The number of benzene rings is 3. The molecule has 2 heterocycles. The highest BCUT2D eigenvalue weighted by Gasteiger charge is 2.12. The van der Waals surface area contributed by atoms with Crippen LogP contribution in [0.3, 0.4) is 0 Å². The maximum Gasteiger partial charge on any atom is 0.126 e. The third-order valence-corrected chi connectivity index (χ3v) is 6.13. The molecular formula is C32H31N5. The molecular weight excluding hydrogens is 454 g/mol. The lowest BCUT2D eigenvalue weighted by molar-refractivity contribution is 1.09. The second-order valence-corrected chi connectivity index (χ2v) is 9.04. The Morgan fingerprint density at radius 3 is 1.35 bits per heavy atom. The van der Waals surface area contributed by atoms with Crippen LogP contribution in [-0.4, -0.2) is 9.97 Å². The van der Waals surface area contributed by atoms with Crippen molar-refractivity contribution in [2.75, 3.05) is 15.5 Å². The van der Waals surface area contributed by atoms with E-state index in [0.29, 0.717) is 0 Å². The third-order valence-electron chi connectivity index (χ3n) is 6.13. The molecule has 0 bridgehead atoms. The number of hydrogen-bond acceptors (Lipinski definition) is 5. The van der Waals surface area contributed by atoms with Crippen LogP contribution >= 0.6 is 0 Å². The quantitative estimate of drug-likeness (QED) is 0.223. The van der Waals surface area contributed by atoms with Crippen LogP contribution in [0.2, 0.25) is 0 Å². The number of nitrogens with zero attached hydrogens (tertiary/aromatic N) is 3. The van der Waals surface area contributed by atoms with E-state index in [9.17, 15) is 0 Å². The SMILES string of the molecule is Cc1cccc(NCc2ccc(N(c3ccccc3)c3ccc(CNc4cccc(C)n4)cc3)cc2)n1. The Hall–Kier alpha value is -4.64. The molecule has 0 saturated heterocycles. The standard InChI is InChI=1S/C32H31N5/c1-24-8-6-12-31(35-24)33-22-26-14-18-29(19-15-26)37(28-10-4-3-5-11-28)30-20-16-27(17-21-30)23-34-32-13-7-9-25(2)36-32/h3-21H,22-23H2,1-2H3,(H,33,35)(H,34,36). The summed E-state index contributed by atoms with van der Waals surface area (Å²) < 4.78 is 0. The lowest BCUT2D eigenvalue weighted by Crippen LogP contribution is -2.10. The molecule has 0 aliphatic heterocycles. The average molecular weight is 486 g/mol. The smallest absolute Gasteiger partial charge is 0.126 e. The first-order valence-electron chi connectivity index (χ1n) is 12.5. The van der Waals surface area contributed by atoms with Crippen molar-refractivity contribution in [1.29, 1.82) is 0 Å². The fourth-order valence-corrected chi connectivity index (χ4v) is 4.22. The van der Waals surface area contributed by atoms with Gasteiger partial charge in [0.25, 0.3) is 0 Å². The molecule has 2 aromatic heterocycles. The van der Waals surface area contributed by atoms with E-state index in [-0.39, 0.29) is 0 Å². The molecule has 5 heteroatoms. The van der Waals surface area contributed by atoms with Crippen molar-refractivity contribution in [3.05, 3.63) is 138 Å². The van der Waals surface area contributed by atoms with Crippen LogP contribution in [0.1, 0.15) is 22.5 Å². The van der Waals surface area contributed by atoms with Gasteiger partial charge in [-0.2, -0.15) is 0 Å². The van der Waals surface area contributed by atoms with Gasteiger partial charge in [-0.1, -0.05) is 54.6 Å². The highest BCUT2D eigenvalue weighted by Crippen LogP contribution is 2.34. The molecule has 2 N–H and O–H groups in total. The van der Waals surface area contributed by atoms with Crippen LogP contribution in [-0.2, 0) is 13.1 Å². The summed E-state index contributed by atoms with van der Waals surface area (Å²) >= 11 is 0. The zero-order valence-corrected chi connectivity index (χ0v) is 21.2. The molecule has 0 unspecified atom stereocenters. The summed E-state index contributed by atoms with van der Waals surface area (Å²) in [4.78, 5) is 11.3. The van der Waals surface area contributed by atoms with Crippen LogP contribution in [0.15, 0.2) is 115 Å². The van der Waals surface area contributed by atoms with Gasteiger partial charge in [-0.25, -0.2) is 9.97 Å². The van der Waals surface area contributed by atoms with Crippen molar-refractivity contribution in [1.82, 2.24) is 9.97 Å². The summed E-state index contributed by atoms with van der Waals surface area (Å²) in [7, 11) is 0. The van der Waals surface area contributed by atoms with Crippen LogP contribution in [0.4, 0.5) is 28.7 Å². The van der Waals surface area contributed by atoms with Crippen LogP contribution in [0.25, 0.3) is 0 Å². The summed E-state index contributed by atoms with van der Waals surface area (Å²) in [5.41, 5.74) is 7.75. The first-order chi connectivity index (χ1) is 18.1. The minimum Gasteiger partial charge on any atom is -0.366 e. The molecule has 5 rings (SSSR count). The number of anilines is 5. The van der Waals surface area contributed by atoms with E-state index >= 15 is 0 Å². The monoisotopic (exact) mass is 485 g/mol. The molecule has 3 aromatic carbocycles. The average Bonchev–Trinajstić information content (AvgIpc) is 2.93. The summed E-state index contributed by atoms with van der Waals surface area (Å²) in [5, 5.41) is 6.82. The number of aryl methyl sites for hydroxylation is 2. The van der Waals surface area contributed by atoms with E-state index in [2.05, 4.69) is 98.3 Å². The van der Waals surface area contributed by atoms with Gasteiger partial charge in [0, 0.05) is 41.5 Å². The second-order valence-electron chi connectivity index (χ2n) is 9.04. The van der Waals surface area contributed by atoms with Crippen molar-refractivity contribution >= 4 is 28.7 Å². The topological polar surface area (TPSA) is 53.1 Å². The lowest BCUT2D eigenvalue weighted by Gasteiger charge is -2.26. The molecule has 37 heavy (non-hydrogen) atoms. The van der Waals surface area contributed by atoms with E-state index in [1.807, 2.05) is 56.3 Å². The van der Waals surface area contributed by atoms with Crippen LogP contribution in [0.5, 0.6) is 0 Å². The number of pyridine rings is 2. The van der Waals surface area contributed by atoms with Gasteiger partial charge in [-0.3, -0.25) is 0 Å². The van der Waals surface area contributed by atoms with E-state index < -0.39 is 0 Å². The van der Waals surface area contributed by atoms with Gasteiger partial charge in [-0.15, -0.1) is 0 Å². The van der Waals surface area contributed by atoms with Crippen molar-refractivity contribution < 1.29 is 0 Å². The Balaban J connectivity index is 1.32. The van der Waals surface area contributed by atoms with Gasteiger partial charge in [0.2, 0.25) is 0 Å². The normalized spacial score (nSPS) is 10.6. The van der Waals surface area contributed by atoms with Gasteiger partial charge in [0.15, 0.2) is 0 Å². The minimum absolute atomic E-state index is 0.722. The molecule has 0 atom stereocenters. The van der Waals surface area contributed by atoms with Crippen molar-refractivity contribution in [3.63, 3.8) is 0 Å². The van der Waals surface area contributed by atoms with E-state index in [1.165, 1.54) is 11.1 Å². The van der Waals surface area contributed by atoms with Gasteiger partial charge < -0.3 is 15.5 Å². The molecule has 5 aromatic rings. The van der Waals surface area contributed by atoms with Crippen LogP contribution in [0, 0.1) is 13.8 Å². The van der Waals surface area contributed by atoms with E-state index in [0.717, 1.165) is 53.2 Å². The Kier molecular flexibility index (Phi) is 7.42. The maximum atomic E-state index is 4.53. The zero-order chi connectivity index (χ0) is 25.5. The fraction of sp³-hybridized carbons (Fsp3) is 0.125. The summed E-state index contributed by atoms with van der Waals surface area (Å²) in [5.74, 6) is 1.78. The predicted octanol–water partition coefficient (Wildman–Crippen LogP) is 7.79. The number of nitrogens with one attached hydrogen (secondary N) is 2. The first-order valence-corrected chi connectivity index (χ1v) is 12.5. The Labute approximate surface area is 218 Å². The molecule has 0 aliphatic carbocycles. The second kappa shape index (κ2) is 11.4. The Morgan fingerprint density at radius 2 is 0.919 bits per heavy atom. The lowest BCUT2D eigenvalue weighted by atomic mass is 10.1. The molecule has 0 aliphatic rings. The number of aromatic nitrogens is 2. The zero-order valence-electron chi connectivity index (χ0n) is 21.2. The summed E-state index contributed by atoms with van der Waals surface area (Å²) in [6.45, 7) is 5.45. The van der Waals surface area contributed by atoms with Crippen LogP contribution < -0.4 is 15.5 Å². The summed E-state index contributed by atoms with van der Waals surface area (Å²) in [6.07, 6.45) is 0. The third kappa shape index (κ3) is 6.33. The van der Waals surface area contributed by atoms with Crippen molar-refractivity contribution in [2.45, 2.75) is 26.9 Å². The molecule has 0 spiro atoms. The first kappa shape index (κ1) is 24.1. The minimum atomic E-state index is 0.722. The van der Waals surface area contributed by atoms with Gasteiger partial charge in [-0.05, 0) is 85.6 Å². The highest BCUT2D eigenvalue weighted by atomic mass is 15.1. The van der Waals surface area contributed by atoms with E-state index in [1.54, 1.807) is 0 Å². The molecule has 0 radical (unpaired) electrons. The van der Waals surface area contributed by atoms with Crippen molar-refractivity contribution in [2.24, 2.45) is 0 Å². The van der Waals surface area contributed by atoms with Gasteiger partial charge in [0.05, 0.1) is 0 Å². The number of hydrogen-bond donors (Lipinski definition) is 2. The fourth-order valence-electron chi connectivity index (χ4n) is 4.22. The van der Waals surface area contributed by atoms with Gasteiger partial charge in [0.1, 0.15) is 11.6 Å². The Morgan fingerprint density at radius 1 is 0.486 bits per heavy atom. The van der Waals surface area contributed by atoms with Crippen molar-refractivity contribution in [3.8, 4) is 0 Å². The molecule has 0 fully saturated rings. The largest absolute Gasteiger partial charge is 0.366 e. The number of rotatable bonds is 9.